The van der Waals surface area contributed by atoms with Gasteiger partial charge in [-0.1, -0.05) is 23.7 Å². The highest BCUT2D eigenvalue weighted by Crippen LogP contribution is 2.36. The molecule has 0 spiro atoms. The first-order valence-electron chi connectivity index (χ1n) is 12.7. The highest BCUT2D eigenvalue weighted by Gasteiger charge is 2.33. The van der Waals surface area contributed by atoms with E-state index < -0.39 is 22.7 Å². The van der Waals surface area contributed by atoms with Crippen LogP contribution in [0.2, 0.25) is 5.02 Å². The lowest BCUT2D eigenvalue weighted by Crippen LogP contribution is -2.41. The molecular formula is C28H29ClF3N5O3. The van der Waals surface area contributed by atoms with Crippen LogP contribution in [0.4, 0.5) is 18.9 Å². The molecule has 0 saturated carbocycles. The lowest BCUT2D eigenvalue weighted by Gasteiger charge is -2.26. The second-order valence-electron chi connectivity index (χ2n) is 9.12. The molecule has 12 heteroatoms. The van der Waals surface area contributed by atoms with Gasteiger partial charge in [0.1, 0.15) is 23.0 Å². The van der Waals surface area contributed by atoms with Crippen LogP contribution in [-0.2, 0) is 22.1 Å². The summed E-state index contributed by atoms with van der Waals surface area (Å²) in [6, 6.07) is 13.8. The number of hydrogen-bond donors (Lipinski definition) is 3. The molecule has 1 aliphatic rings. The molecule has 2 heterocycles. The molecule has 212 valence electrons. The molecule has 0 radical (unpaired) electrons. The zero-order valence-corrected chi connectivity index (χ0v) is 22.3. The number of amidine groups is 1. The van der Waals surface area contributed by atoms with Crippen LogP contribution in [0.15, 0.2) is 60.8 Å². The van der Waals surface area contributed by atoms with Crippen molar-refractivity contribution in [2.24, 2.45) is 0 Å². The fraction of sp³-hybridized carbons (Fsp3) is 0.321. The SMILES string of the molecule is N=C(NCCN1CCOCC1)c1cc(Oc2ccc(CCC(=O)Nc3ccc(Cl)c(C(F)(F)F)c3)cc2)ccn1. The van der Waals surface area contributed by atoms with E-state index in [1.165, 1.54) is 6.07 Å². The maximum atomic E-state index is 13.0. The number of carbonyl (C=O) groups is 1. The summed E-state index contributed by atoms with van der Waals surface area (Å²) in [6.45, 7) is 4.67. The number of pyridine rings is 1. The number of anilines is 1. The van der Waals surface area contributed by atoms with Crippen LogP contribution < -0.4 is 15.4 Å². The van der Waals surface area contributed by atoms with Crippen LogP contribution >= 0.6 is 11.6 Å². The number of ether oxygens (including phenoxy) is 2. The van der Waals surface area contributed by atoms with Crippen LogP contribution in [0.25, 0.3) is 0 Å². The van der Waals surface area contributed by atoms with E-state index in [4.69, 9.17) is 26.5 Å². The molecule has 3 aromatic rings. The molecule has 4 rings (SSSR count). The van der Waals surface area contributed by atoms with Crippen LogP contribution in [0, 0.1) is 5.41 Å². The Bertz CT molecular complexity index is 1320. The van der Waals surface area contributed by atoms with E-state index in [1.807, 2.05) is 12.1 Å². The Hall–Kier alpha value is -3.67. The third-order valence-corrected chi connectivity index (χ3v) is 6.51. The van der Waals surface area contributed by atoms with Gasteiger partial charge in [0.2, 0.25) is 5.91 Å². The summed E-state index contributed by atoms with van der Waals surface area (Å²) in [4.78, 5) is 18.8. The van der Waals surface area contributed by atoms with E-state index in [0.29, 0.717) is 30.2 Å². The number of nitrogens with zero attached hydrogens (tertiary/aromatic N) is 2. The molecule has 0 bridgehead atoms. The van der Waals surface area contributed by atoms with E-state index in [-0.39, 0.29) is 17.9 Å². The third kappa shape index (κ3) is 8.67. The third-order valence-electron chi connectivity index (χ3n) is 6.18. The maximum absolute atomic E-state index is 13.0. The Morgan fingerprint density at radius 3 is 2.55 bits per heavy atom. The quantitative estimate of drug-likeness (QED) is 0.222. The minimum Gasteiger partial charge on any atom is -0.457 e. The van der Waals surface area contributed by atoms with Crippen molar-refractivity contribution in [3.8, 4) is 11.5 Å². The molecule has 1 amide bonds. The van der Waals surface area contributed by atoms with Crippen LogP contribution in [0.1, 0.15) is 23.2 Å². The lowest BCUT2D eigenvalue weighted by atomic mass is 10.1. The number of hydrogen-bond acceptors (Lipinski definition) is 6. The van der Waals surface area contributed by atoms with Gasteiger partial charge in [0.15, 0.2) is 0 Å². The number of amides is 1. The first kappa shape index (κ1) is 29.3. The monoisotopic (exact) mass is 575 g/mol. The van der Waals surface area contributed by atoms with E-state index >= 15 is 0 Å². The Morgan fingerprint density at radius 2 is 1.82 bits per heavy atom. The Labute approximate surface area is 235 Å². The van der Waals surface area contributed by atoms with Crippen molar-refractivity contribution in [2.45, 2.75) is 19.0 Å². The molecule has 40 heavy (non-hydrogen) atoms. The number of halogens is 4. The minimum atomic E-state index is -4.61. The molecule has 1 fully saturated rings. The van der Waals surface area contributed by atoms with Crippen molar-refractivity contribution in [3.05, 3.63) is 82.6 Å². The normalized spacial score (nSPS) is 14.0. The molecule has 8 nitrogen and oxygen atoms in total. The first-order chi connectivity index (χ1) is 19.2. The summed E-state index contributed by atoms with van der Waals surface area (Å²) < 4.78 is 50.4. The summed E-state index contributed by atoms with van der Waals surface area (Å²) in [6.07, 6.45) is -2.56. The van der Waals surface area contributed by atoms with Crippen molar-refractivity contribution in [2.75, 3.05) is 44.7 Å². The number of aryl methyl sites for hydroxylation is 1. The maximum Gasteiger partial charge on any atom is 0.417 e. The van der Waals surface area contributed by atoms with E-state index in [2.05, 4.69) is 20.5 Å². The number of morpholine rings is 1. The molecule has 3 N–H and O–H groups in total. The van der Waals surface area contributed by atoms with Gasteiger partial charge in [-0.05, 0) is 48.4 Å². The standard InChI is InChI=1S/C28H29ClF3N5O3/c29-24-7-4-20(17-23(24)28(30,31)32)36-26(38)8-3-19-1-5-21(6-2-19)40-22-9-10-34-25(18-22)27(33)35-11-12-37-13-15-39-16-14-37/h1-2,4-7,9-10,17-18H,3,8,11-16H2,(H2,33,35)(H,36,38). The van der Waals surface area contributed by atoms with Gasteiger partial charge >= 0.3 is 6.18 Å². The molecule has 1 aliphatic heterocycles. The van der Waals surface area contributed by atoms with Gasteiger partial charge in [0.05, 0.1) is 23.8 Å². The number of carbonyl (C=O) groups excluding carboxylic acids is 1. The van der Waals surface area contributed by atoms with Gasteiger partial charge in [0, 0.05) is 50.6 Å². The predicted octanol–water partition coefficient (Wildman–Crippen LogP) is 5.36. The summed E-state index contributed by atoms with van der Waals surface area (Å²) in [5.41, 5.74) is 0.352. The molecule has 0 unspecified atom stereocenters. The van der Waals surface area contributed by atoms with Gasteiger partial charge in [-0.15, -0.1) is 0 Å². The zero-order chi connectivity index (χ0) is 28.5. The van der Waals surface area contributed by atoms with E-state index in [0.717, 1.165) is 50.5 Å². The number of aromatic nitrogens is 1. The number of rotatable bonds is 10. The summed E-state index contributed by atoms with van der Waals surface area (Å²) in [7, 11) is 0. The second-order valence-corrected chi connectivity index (χ2v) is 9.53. The van der Waals surface area contributed by atoms with Gasteiger partial charge in [-0.3, -0.25) is 20.1 Å². The Morgan fingerprint density at radius 1 is 1.07 bits per heavy atom. The lowest BCUT2D eigenvalue weighted by molar-refractivity contribution is -0.137. The average molecular weight is 576 g/mol. The van der Waals surface area contributed by atoms with Crippen molar-refractivity contribution < 1.29 is 27.4 Å². The predicted molar refractivity (Wildman–Crippen MR) is 146 cm³/mol. The summed E-state index contributed by atoms with van der Waals surface area (Å²) >= 11 is 5.62. The largest absolute Gasteiger partial charge is 0.457 e. The highest BCUT2D eigenvalue weighted by atomic mass is 35.5. The second kappa shape index (κ2) is 13.6. The summed E-state index contributed by atoms with van der Waals surface area (Å²) in [5, 5.41) is 13.4. The van der Waals surface area contributed by atoms with Crippen molar-refractivity contribution in [1.82, 2.24) is 15.2 Å². The van der Waals surface area contributed by atoms with E-state index in [1.54, 1.807) is 30.5 Å². The number of alkyl halides is 3. The van der Waals surface area contributed by atoms with Gasteiger partial charge in [-0.2, -0.15) is 13.2 Å². The highest BCUT2D eigenvalue weighted by molar-refractivity contribution is 6.31. The molecule has 0 atom stereocenters. The first-order valence-corrected chi connectivity index (χ1v) is 13.1. The van der Waals surface area contributed by atoms with Crippen LogP contribution in [0.3, 0.4) is 0 Å². The topological polar surface area (TPSA) is 99.6 Å². The van der Waals surface area contributed by atoms with Crippen LogP contribution in [-0.4, -0.2) is 61.0 Å². The van der Waals surface area contributed by atoms with Crippen molar-refractivity contribution >= 4 is 29.0 Å². The summed E-state index contributed by atoms with van der Waals surface area (Å²) in [5.74, 6) is 0.887. The fourth-order valence-corrected chi connectivity index (χ4v) is 4.25. The van der Waals surface area contributed by atoms with Gasteiger partial charge in [0.25, 0.3) is 0 Å². The van der Waals surface area contributed by atoms with Gasteiger partial charge in [-0.25, -0.2) is 0 Å². The Balaban J connectivity index is 1.24. The number of nitrogens with one attached hydrogen (secondary N) is 3. The molecule has 1 aromatic heterocycles. The number of benzene rings is 2. The average Bonchev–Trinajstić information content (AvgIpc) is 2.94. The fourth-order valence-electron chi connectivity index (χ4n) is 4.03. The Kier molecular flexibility index (Phi) is 9.97. The van der Waals surface area contributed by atoms with Crippen molar-refractivity contribution in [3.63, 3.8) is 0 Å². The molecule has 0 aliphatic carbocycles. The molecular weight excluding hydrogens is 547 g/mol. The zero-order valence-electron chi connectivity index (χ0n) is 21.6. The molecule has 1 saturated heterocycles. The van der Waals surface area contributed by atoms with Crippen molar-refractivity contribution in [1.29, 1.82) is 5.41 Å². The smallest absolute Gasteiger partial charge is 0.417 e. The van der Waals surface area contributed by atoms with Gasteiger partial charge < -0.3 is 20.1 Å². The van der Waals surface area contributed by atoms with E-state index in [9.17, 15) is 18.0 Å². The molecule has 2 aromatic carbocycles. The minimum absolute atomic E-state index is 0.0302. The van der Waals surface area contributed by atoms with Crippen LogP contribution in [0.5, 0.6) is 11.5 Å².